The fourth-order valence-electron chi connectivity index (χ4n) is 8.35. The summed E-state index contributed by atoms with van der Waals surface area (Å²) in [4.78, 5) is 18.4. The van der Waals surface area contributed by atoms with Crippen molar-refractivity contribution in [1.29, 1.82) is 5.26 Å². The van der Waals surface area contributed by atoms with Crippen LogP contribution in [0.1, 0.15) is 97.5 Å². The number of nitrogens with two attached hydrogens (primary N) is 2. The van der Waals surface area contributed by atoms with Crippen molar-refractivity contribution in [3.8, 4) is 17.6 Å². The van der Waals surface area contributed by atoms with Crippen molar-refractivity contribution in [3.05, 3.63) is 57.4 Å². The van der Waals surface area contributed by atoms with Crippen LogP contribution in [0.15, 0.2) is 28.9 Å². The lowest BCUT2D eigenvalue weighted by Crippen LogP contribution is -2.35. The van der Waals surface area contributed by atoms with Gasteiger partial charge in [-0.3, -0.25) is 0 Å². The van der Waals surface area contributed by atoms with Crippen molar-refractivity contribution in [3.63, 3.8) is 0 Å². The zero-order valence-corrected chi connectivity index (χ0v) is 27.8. The SMILES string of the molecule is C[C@@H](Nc1nc(-c2noc3c2CCC[C@@]32CCCc3sc(N)c(C#N)c32)nc2c1cnn2[C@@H](C)[C@@H]1CCCN1C)c1cccc(N)n1. The predicted octanol–water partition coefficient (Wildman–Crippen LogP) is 5.76. The Morgan fingerprint density at radius 3 is 2.72 bits per heavy atom. The van der Waals surface area contributed by atoms with Crippen LogP contribution in [0, 0.1) is 11.3 Å². The molecule has 0 aromatic carbocycles. The average molecular weight is 650 g/mol. The molecule has 3 aliphatic rings. The first-order valence-electron chi connectivity index (χ1n) is 16.5. The van der Waals surface area contributed by atoms with Crippen molar-refractivity contribution in [2.45, 2.75) is 88.8 Å². The number of aryl methyl sites for hydroxylation is 1. The number of nitriles is 1. The van der Waals surface area contributed by atoms with Gasteiger partial charge < -0.3 is 26.2 Å². The molecule has 242 valence electrons. The summed E-state index contributed by atoms with van der Waals surface area (Å²) in [6.07, 6.45) is 9.58. The zero-order valence-electron chi connectivity index (χ0n) is 27.0. The van der Waals surface area contributed by atoms with Gasteiger partial charge in [0, 0.05) is 16.5 Å². The van der Waals surface area contributed by atoms with E-state index in [9.17, 15) is 5.26 Å². The molecule has 13 heteroatoms. The summed E-state index contributed by atoms with van der Waals surface area (Å²) in [6, 6.07) is 8.32. The normalized spacial score (nSPS) is 22.2. The Hall–Kier alpha value is -4.54. The molecule has 1 saturated heterocycles. The molecule has 2 aliphatic carbocycles. The molecule has 1 spiro atoms. The van der Waals surface area contributed by atoms with Gasteiger partial charge in [0.25, 0.3) is 0 Å². The molecule has 1 fully saturated rings. The molecule has 47 heavy (non-hydrogen) atoms. The second kappa shape index (κ2) is 11.3. The molecule has 0 amide bonds. The van der Waals surface area contributed by atoms with Crippen LogP contribution in [0.25, 0.3) is 22.6 Å². The van der Waals surface area contributed by atoms with Gasteiger partial charge in [-0.25, -0.2) is 19.6 Å². The molecule has 1 aliphatic heterocycles. The molecule has 5 N–H and O–H groups in total. The number of pyridine rings is 1. The number of hydrogen-bond acceptors (Lipinski definition) is 12. The maximum absolute atomic E-state index is 10.1. The van der Waals surface area contributed by atoms with Gasteiger partial charge in [0.2, 0.25) is 0 Å². The fourth-order valence-corrected chi connectivity index (χ4v) is 9.52. The standard InChI is InChI=1S/C34H39N11OS/c1-18(23-9-4-12-26(36)40-23)39-31-22-17-38-45(19(2)24-10-7-15-44(24)3)33(22)42-32(41-31)28-20-8-5-13-34(29(20)46-43-28)14-6-11-25-27(34)21(16-35)30(37)47-25/h4,9,12,17-19,24H,5-8,10-11,13-15,37H2,1-3H3,(H2,36,40)(H,39,41,42)/t18-,19+,24+,34+/m1/s1. The Balaban J connectivity index is 1.27. The number of thiophene rings is 1. The molecule has 5 aromatic heterocycles. The summed E-state index contributed by atoms with van der Waals surface area (Å²) >= 11 is 1.54. The minimum atomic E-state index is -0.423. The van der Waals surface area contributed by atoms with Crippen molar-refractivity contribution in [2.75, 3.05) is 30.4 Å². The van der Waals surface area contributed by atoms with E-state index in [4.69, 9.17) is 36.2 Å². The van der Waals surface area contributed by atoms with Crippen molar-refractivity contribution in [2.24, 2.45) is 0 Å². The highest BCUT2D eigenvalue weighted by molar-refractivity contribution is 7.16. The number of anilines is 3. The van der Waals surface area contributed by atoms with E-state index in [1.54, 1.807) is 17.4 Å². The van der Waals surface area contributed by atoms with Gasteiger partial charge >= 0.3 is 0 Å². The van der Waals surface area contributed by atoms with Crippen molar-refractivity contribution >= 4 is 39.0 Å². The quantitative estimate of drug-likeness (QED) is 0.204. The highest BCUT2D eigenvalue weighted by Crippen LogP contribution is 2.55. The Morgan fingerprint density at radius 2 is 1.96 bits per heavy atom. The van der Waals surface area contributed by atoms with Gasteiger partial charge in [0.1, 0.15) is 22.7 Å². The fraction of sp³-hybridized carbons (Fsp3) is 0.471. The minimum Gasteiger partial charge on any atom is -0.389 e. The third-order valence-electron chi connectivity index (χ3n) is 10.6. The monoisotopic (exact) mass is 649 g/mol. The molecule has 6 heterocycles. The van der Waals surface area contributed by atoms with Crippen LogP contribution < -0.4 is 16.8 Å². The second-order valence-electron chi connectivity index (χ2n) is 13.4. The van der Waals surface area contributed by atoms with E-state index < -0.39 is 5.41 Å². The molecule has 8 rings (SSSR count). The summed E-state index contributed by atoms with van der Waals surface area (Å²) in [5, 5.41) is 24.7. The number of likely N-dealkylation sites (N-methyl/N-ethyl adjacent to an activating group) is 1. The van der Waals surface area contributed by atoms with E-state index in [2.05, 4.69) is 35.2 Å². The Bertz CT molecular complexity index is 2040. The molecule has 0 unspecified atom stereocenters. The van der Waals surface area contributed by atoms with Crippen molar-refractivity contribution < 1.29 is 4.52 Å². The summed E-state index contributed by atoms with van der Waals surface area (Å²) in [5.74, 6) is 2.44. The maximum Gasteiger partial charge on any atom is 0.186 e. The van der Waals surface area contributed by atoms with Crippen LogP contribution in [-0.2, 0) is 18.3 Å². The van der Waals surface area contributed by atoms with E-state index >= 15 is 0 Å². The Morgan fingerprint density at radius 1 is 1.13 bits per heavy atom. The number of nitrogens with one attached hydrogen (secondary N) is 1. The number of fused-ring (bicyclic) bond motifs is 5. The molecule has 0 radical (unpaired) electrons. The third kappa shape index (κ3) is 4.68. The average Bonchev–Trinajstić information content (AvgIpc) is 3.86. The lowest BCUT2D eigenvalue weighted by molar-refractivity contribution is 0.232. The largest absolute Gasteiger partial charge is 0.389 e. The number of likely N-dealkylation sites (tertiary alicyclic amines) is 1. The van der Waals surface area contributed by atoms with Gasteiger partial charge in [-0.1, -0.05) is 11.2 Å². The number of hydrogen-bond donors (Lipinski definition) is 3. The van der Waals surface area contributed by atoms with Crippen LogP contribution in [-0.4, -0.2) is 54.4 Å². The highest BCUT2D eigenvalue weighted by Gasteiger charge is 2.49. The van der Waals surface area contributed by atoms with Gasteiger partial charge in [-0.15, -0.1) is 11.3 Å². The van der Waals surface area contributed by atoms with E-state index in [1.165, 1.54) is 11.3 Å². The molecular formula is C34H39N11OS. The molecule has 0 saturated carbocycles. The summed E-state index contributed by atoms with van der Waals surface area (Å²) in [7, 11) is 2.18. The molecule has 12 nitrogen and oxygen atoms in total. The lowest BCUT2D eigenvalue weighted by Gasteiger charge is -2.39. The molecule has 4 atom stereocenters. The number of nitrogen functional groups attached to an aromatic ring is 2. The number of nitrogens with zero attached hydrogens (tertiary/aromatic N) is 8. The second-order valence-corrected chi connectivity index (χ2v) is 14.5. The van der Waals surface area contributed by atoms with Crippen LogP contribution in [0.3, 0.4) is 0 Å². The van der Waals surface area contributed by atoms with Crippen LogP contribution in [0.4, 0.5) is 16.6 Å². The smallest absolute Gasteiger partial charge is 0.186 e. The summed E-state index contributed by atoms with van der Waals surface area (Å²) in [5.41, 5.74) is 16.8. The van der Waals surface area contributed by atoms with Crippen LogP contribution >= 0.6 is 11.3 Å². The van der Waals surface area contributed by atoms with Gasteiger partial charge in [0.05, 0.1) is 40.3 Å². The lowest BCUT2D eigenvalue weighted by atomic mass is 9.63. The molecule has 0 bridgehead atoms. The first-order valence-corrected chi connectivity index (χ1v) is 17.4. The molecule has 5 aromatic rings. The van der Waals surface area contributed by atoms with E-state index in [0.717, 1.165) is 85.1 Å². The van der Waals surface area contributed by atoms with E-state index in [1.807, 2.05) is 29.9 Å². The minimum absolute atomic E-state index is 0.104. The zero-order chi connectivity index (χ0) is 32.4. The highest BCUT2D eigenvalue weighted by atomic mass is 32.1. The molecular weight excluding hydrogens is 611 g/mol. The summed E-state index contributed by atoms with van der Waals surface area (Å²) < 4.78 is 8.36. The Labute approximate surface area is 277 Å². The van der Waals surface area contributed by atoms with Crippen LogP contribution in [0.2, 0.25) is 0 Å². The third-order valence-corrected chi connectivity index (χ3v) is 11.7. The van der Waals surface area contributed by atoms with Gasteiger partial charge in [0.15, 0.2) is 22.9 Å². The van der Waals surface area contributed by atoms with E-state index in [0.29, 0.717) is 39.8 Å². The topological polar surface area (TPSA) is 174 Å². The van der Waals surface area contributed by atoms with Gasteiger partial charge in [-0.2, -0.15) is 10.4 Å². The number of rotatable bonds is 6. The summed E-state index contributed by atoms with van der Waals surface area (Å²) in [6.45, 7) is 5.33. The Kier molecular flexibility index (Phi) is 7.18. The first kappa shape index (κ1) is 29.8. The number of aromatic nitrogens is 6. The van der Waals surface area contributed by atoms with Gasteiger partial charge in [-0.05, 0) is 96.5 Å². The predicted molar refractivity (Wildman–Crippen MR) is 182 cm³/mol. The first-order chi connectivity index (χ1) is 22.8. The maximum atomic E-state index is 10.1. The van der Waals surface area contributed by atoms with Crippen molar-refractivity contribution in [1.82, 2.24) is 34.8 Å². The van der Waals surface area contributed by atoms with Crippen LogP contribution in [0.5, 0.6) is 0 Å². The van der Waals surface area contributed by atoms with E-state index in [-0.39, 0.29) is 12.1 Å².